The zero-order valence-electron chi connectivity index (χ0n) is 10.2. The predicted octanol–water partition coefficient (Wildman–Crippen LogP) is 2.22. The van der Waals surface area contributed by atoms with Gasteiger partial charge in [-0.15, -0.1) is 0 Å². The molecule has 96 valence electrons. The van der Waals surface area contributed by atoms with Crippen LogP contribution in [0.3, 0.4) is 0 Å². The summed E-state index contributed by atoms with van der Waals surface area (Å²) in [6.07, 6.45) is 1.79. The maximum Gasteiger partial charge on any atom is 0.339 e. The minimum absolute atomic E-state index is 0.115. The lowest BCUT2D eigenvalue weighted by atomic mass is 10.1. The summed E-state index contributed by atoms with van der Waals surface area (Å²) in [4.78, 5) is 11.5. The molecular formula is C13H14ClNO3. The minimum atomic E-state index is -1.57. The van der Waals surface area contributed by atoms with Crippen molar-refractivity contribution in [2.75, 3.05) is 7.11 Å². The Hall–Kier alpha value is -1.52. The predicted molar refractivity (Wildman–Crippen MR) is 69.6 cm³/mol. The topological polar surface area (TPSA) is 51.5 Å². The van der Waals surface area contributed by atoms with Crippen LogP contribution in [-0.2, 0) is 16.1 Å². The molecule has 0 amide bonds. The van der Waals surface area contributed by atoms with Gasteiger partial charge in [-0.05, 0) is 25.1 Å². The fourth-order valence-corrected chi connectivity index (χ4v) is 2.17. The first-order valence-corrected chi connectivity index (χ1v) is 5.87. The van der Waals surface area contributed by atoms with Gasteiger partial charge in [0.2, 0.25) is 0 Å². The van der Waals surface area contributed by atoms with Gasteiger partial charge in [0.25, 0.3) is 0 Å². The van der Waals surface area contributed by atoms with Gasteiger partial charge in [-0.2, -0.15) is 0 Å². The lowest BCUT2D eigenvalue weighted by molar-refractivity contribution is -0.161. The Bertz CT molecular complexity index is 589. The summed E-state index contributed by atoms with van der Waals surface area (Å²) in [5.74, 6) is -0.661. The van der Waals surface area contributed by atoms with E-state index in [2.05, 4.69) is 4.74 Å². The normalized spacial score (nSPS) is 14.4. The summed E-state index contributed by atoms with van der Waals surface area (Å²) in [5, 5.41) is 11.6. The average Bonchev–Trinajstić information content (AvgIpc) is 2.72. The summed E-state index contributed by atoms with van der Waals surface area (Å²) in [6.45, 7) is 1.54. The third-order valence-electron chi connectivity index (χ3n) is 2.86. The Labute approximate surface area is 110 Å². The standard InChI is InChI=1S/C13H14ClNO3/c1-13(17,12(16)18-2)8-15-7-6-9-10(14)4-3-5-11(9)15/h3-7,17H,8H2,1-2H3. The van der Waals surface area contributed by atoms with Crippen molar-refractivity contribution >= 4 is 28.5 Å². The molecule has 1 aromatic heterocycles. The number of halogens is 1. The van der Waals surface area contributed by atoms with Gasteiger partial charge in [-0.3, -0.25) is 0 Å². The molecule has 5 heteroatoms. The number of nitrogens with zero attached hydrogens (tertiary/aromatic N) is 1. The molecule has 0 radical (unpaired) electrons. The summed E-state index contributed by atoms with van der Waals surface area (Å²) >= 11 is 6.06. The number of aliphatic hydroxyl groups is 1. The Kier molecular flexibility index (Phi) is 3.32. The number of rotatable bonds is 3. The number of carbonyl (C=O) groups excluding carboxylic acids is 1. The highest BCUT2D eigenvalue weighted by atomic mass is 35.5. The van der Waals surface area contributed by atoms with E-state index in [4.69, 9.17) is 11.6 Å². The van der Waals surface area contributed by atoms with Crippen LogP contribution in [0, 0.1) is 0 Å². The summed E-state index contributed by atoms with van der Waals surface area (Å²) in [5.41, 5.74) is -0.699. The van der Waals surface area contributed by atoms with Crippen LogP contribution < -0.4 is 0 Å². The summed E-state index contributed by atoms with van der Waals surface area (Å²) in [7, 11) is 1.25. The van der Waals surface area contributed by atoms with Crippen LogP contribution in [0.2, 0.25) is 5.02 Å². The molecular weight excluding hydrogens is 254 g/mol. The number of benzene rings is 1. The van der Waals surface area contributed by atoms with E-state index < -0.39 is 11.6 Å². The molecule has 0 fully saturated rings. The molecule has 0 spiro atoms. The van der Waals surface area contributed by atoms with Gasteiger partial charge in [0, 0.05) is 22.1 Å². The second-order valence-electron chi connectivity index (χ2n) is 4.38. The van der Waals surface area contributed by atoms with E-state index in [9.17, 15) is 9.90 Å². The molecule has 0 saturated heterocycles. The molecule has 0 aliphatic rings. The van der Waals surface area contributed by atoms with Crippen LogP contribution >= 0.6 is 11.6 Å². The second kappa shape index (κ2) is 4.63. The maximum atomic E-state index is 11.5. The molecule has 2 aromatic rings. The smallest absolute Gasteiger partial charge is 0.339 e. The third kappa shape index (κ3) is 2.21. The number of methoxy groups -OCH3 is 1. The van der Waals surface area contributed by atoms with Gasteiger partial charge >= 0.3 is 5.97 Å². The molecule has 1 atom stereocenters. The monoisotopic (exact) mass is 267 g/mol. The number of hydrogen-bond acceptors (Lipinski definition) is 3. The lowest BCUT2D eigenvalue weighted by Crippen LogP contribution is -2.40. The fraction of sp³-hybridized carbons (Fsp3) is 0.308. The van der Waals surface area contributed by atoms with Crippen molar-refractivity contribution < 1.29 is 14.6 Å². The first-order chi connectivity index (χ1) is 8.45. The first kappa shape index (κ1) is 12.9. The highest BCUT2D eigenvalue weighted by Crippen LogP contribution is 2.25. The van der Waals surface area contributed by atoms with Gasteiger partial charge in [0.15, 0.2) is 5.60 Å². The van der Waals surface area contributed by atoms with E-state index in [-0.39, 0.29) is 6.54 Å². The highest BCUT2D eigenvalue weighted by Gasteiger charge is 2.32. The van der Waals surface area contributed by atoms with Crippen molar-refractivity contribution in [3.8, 4) is 0 Å². The van der Waals surface area contributed by atoms with Crippen LogP contribution in [0.15, 0.2) is 30.5 Å². The molecule has 1 aromatic carbocycles. The minimum Gasteiger partial charge on any atom is -0.467 e. The number of fused-ring (bicyclic) bond motifs is 1. The number of aromatic nitrogens is 1. The molecule has 2 rings (SSSR count). The molecule has 18 heavy (non-hydrogen) atoms. The number of hydrogen-bond donors (Lipinski definition) is 1. The molecule has 0 bridgehead atoms. The highest BCUT2D eigenvalue weighted by molar-refractivity contribution is 6.35. The van der Waals surface area contributed by atoms with E-state index in [1.165, 1.54) is 14.0 Å². The van der Waals surface area contributed by atoms with Crippen LogP contribution in [0.5, 0.6) is 0 Å². The Morgan fingerprint density at radius 2 is 2.22 bits per heavy atom. The number of esters is 1. The van der Waals surface area contributed by atoms with E-state index >= 15 is 0 Å². The quantitative estimate of drug-likeness (QED) is 0.868. The molecule has 0 aliphatic carbocycles. The van der Waals surface area contributed by atoms with Crippen molar-refractivity contribution in [1.82, 2.24) is 4.57 Å². The molecule has 0 aliphatic heterocycles. The van der Waals surface area contributed by atoms with E-state index in [0.717, 1.165) is 10.9 Å². The van der Waals surface area contributed by atoms with Gasteiger partial charge in [-0.25, -0.2) is 4.79 Å². The van der Waals surface area contributed by atoms with Crippen LogP contribution in [-0.4, -0.2) is 28.4 Å². The van der Waals surface area contributed by atoms with Crippen molar-refractivity contribution in [3.63, 3.8) is 0 Å². The van der Waals surface area contributed by atoms with Gasteiger partial charge in [0.1, 0.15) is 0 Å². The van der Waals surface area contributed by atoms with Gasteiger partial charge < -0.3 is 14.4 Å². The molecule has 1 heterocycles. The van der Waals surface area contributed by atoms with Crippen molar-refractivity contribution in [1.29, 1.82) is 0 Å². The van der Waals surface area contributed by atoms with Crippen molar-refractivity contribution in [2.24, 2.45) is 0 Å². The summed E-state index contributed by atoms with van der Waals surface area (Å²) in [6, 6.07) is 7.36. The second-order valence-corrected chi connectivity index (χ2v) is 4.79. The Morgan fingerprint density at radius 1 is 1.50 bits per heavy atom. The van der Waals surface area contributed by atoms with Crippen molar-refractivity contribution in [2.45, 2.75) is 19.1 Å². The average molecular weight is 268 g/mol. The SMILES string of the molecule is COC(=O)C(C)(O)Cn1ccc2c(Cl)cccc21. The zero-order chi connectivity index (χ0) is 13.3. The largest absolute Gasteiger partial charge is 0.467 e. The molecule has 1 N–H and O–H groups in total. The maximum absolute atomic E-state index is 11.5. The third-order valence-corrected chi connectivity index (χ3v) is 3.19. The van der Waals surface area contributed by atoms with Gasteiger partial charge in [0.05, 0.1) is 13.7 Å². The van der Waals surface area contributed by atoms with Crippen LogP contribution in [0.1, 0.15) is 6.92 Å². The van der Waals surface area contributed by atoms with E-state index in [1.807, 2.05) is 18.2 Å². The number of carbonyl (C=O) groups is 1. The van der Waals surface area contributed by atoms with Crippen LogP contribution in [0.4, 0.5) is 0 Å². The Morgan fingerprint density at radius 3 is 2.89 bits per heavy atom. The Balaban J connectivity index is 2.39. The lowest BCUT2D eigenvalue weighted by Gasteiger charge is -2.21. The zero-order valence-corrected chi connectivity index (χ0v) is 10.9. The molecule has 0 saturated carbocycles. The molecule has 1 unspecified atom stereocenters. The first-order valence-electron chi connectivity index (χ1n) is 5.50. The van der Waals surface area contributed by atoms with E-state index in [0.29, 0.717) is 5.02 Å². The van der Waals surface area contributed by atoms with E-state index in [1.54, 1.807) is 16.8 Å². The van der Waals surface area contributed by atoms with Crippen LogP contribution in [0.25, 0.3) is 10.9 Å². The summed E-state index contributed by atoms with van der Waals surface area (Å²) < 4.78 is 6.35. The fourth-order valence-electron chi connectivity index (χ4n) is 1.94. The molecule has 4 nitrogen and oxygen atoms in total. The van der Waals surface area contributed by atoms with Crippen molar-refractivity contribution in [3.05, 3.63) is 35.5 Å². The van der Waals surface area contributed by atoms with Gasteiger partial charge in [-0.1, -0.05) is 17.7 Å². The number of ether oxygens (including phenoxy) is 1.